The maximum Gasteiger partial charge on any atom is 0.0644 e. The van der Waals surface area contributed by atoms with E-state index in [0.29, 0.717) is 10.0 Å². The van der Waals surface area contributed by atoms with Crippen LogP contribution < -0.4 is 0 Å². The molecule has 1 aromatic rings. The molecule has 76 valence electrons. The predicted octanol–water partition coefficient (Wildman–Crippen LogP) is 3.78. The normalized spacial score (nSPS) is 11.9. The summed E-state index contributed by atoms with van der Waals surface area (Å²) in [7, 11) is 0. The average molecular weight is 231 g/mol. The van der Waals surface area contributed by atoms with Gasteiger partial charge in [0.2, 0.25) is 0 Å². The Balaban J connectivity index is 3.06. The van der Waals surface area contributed by atoms with Crippen molar-refractivity contribution in [2.24, 2.45) is 0 Å². The molecule has 0 saturated carbocycles. The molecule has 0 aliphatic heterocycles. The number of benzene rings is 1. The second-order valence-electron chi connectivity index (χ2n) is 2.98. The molecule has 0 aromatic heterocycles. The van der Waals surface area contributed by atoms with E-state index in [1.807, 2.05) is 13.0 Å². The quantitative estimate of drug-likeness (QED) is 0.839. The van der Waals surface area contributed by atoms with Gasteiger partial charge in [0, 0.05) is 10.0 Å². The lowest BCUT2D eigenvalue weighted by Gasteiger charge is -2.02. The molecule has 0 fully saturated rings. The van der Waals surface area contributed by atoms with E-state index in [0.717, 1.165) is 17.6 Å². The van der Waals surface area contributed by atoms with Crippen molar-refractivity contribution in [3.05, 3.63) is 39.4 Å². The van der Waals surface area contributed by atoms with Crippen LogP contribution >= 0.6 is 23.2 Å². The molecule has 0 spiro atoms. The van der Waals surface area contributed by atoms with Gasteiger partial charge in [-0.25, -0.2) is 0 Å². The molecule has 0 saturated heterocycles. The maximum absolute atomic E-state index is 9.00. The van der Waals surface area contributed by atoms with Crippen LogP contribution in [0.5, 0.6) is 0 Å². The van der Waals surface area contributed by atoms with Gasteiger partial charge in [-0.2, -0.15) is 0 Å². The largest absolute Gasteiger partial charge is 0.392 e. The van der Waals surface area contributed by atoms with Crippen LogP contribution in [0.15, 0.2) is 23.8 Å². The van der Waals surface area contributed by atoms with E-state index in [1.54, 1.807) is 18.2 Å². The molecule has 0 heterocycles. The Morgan fingerprint density at radius 3 is 2.71 bits per heavy atom. The van der Waals surface area contributed by atoms with Gasteiger partial charge in [0.15, 0.2) is 0 Å². The van der Waals surface area contributed by atoms with Crippen molar-refractivity contribution in [2.45, 2.75) is 13.3 Å². The van der Waals surface area contributed by atoms with Gasteiger partial charge in [-0.15, -0.1) is 0 Å². The average Bonchev–Trinajstić information content (AvgIpc) is 2.19. The predicted molar refractivity (Wildman–Crippen MR) is 61.8 cm³/mol. The first kappa shape index (κ1) is 11.6. The molecule has 1 N–H and O–H groups in total. The number of hydrogen-bond acceptors (Lipinski definition) is 1. The second kappa shape index (κ2) is 5.40. The van der Waals surface area contributed by atoms with Crippen LogP contribution in [0.25, 0.3) is 6.08 Å². The fourth-order valence-corrected chi connectivity index (χ4v) is 1.46. The van der Waals surface area contributed by atoms with Crippen molar-refractivity contribution in [1.82, 2.24) is 0 Å². The molecule has 3 heteroatoms. The number of aliphatic hydroxyl groups excluding tert-OH is 1. The van der Waals surface area contributed by atoms with Crippen molar-refractivity contribution in [3.8, 4) is 0 Å². The van der Waals surface area contributed by atoms with E-state index in [9.17, 15) is 0 Å². The van der Waals surface area contributed by atoms with Crippen LogP contribution in [0.1, 0.15) is 18.9 Å². The highest BCUT2D eigenvalue weighted by Gasteiger charge is 1.99. The van der Waals surface area contributed by atoms with Gasteiger partial charge in [0.25, 0.3) is 0 Å². The molecule has 1 rings (SSSR count). The molecule has 0 atom stereocenters. The van der Waals surface area contributed by atoms with Gasteiger partial charge < -0.3 is 5.11 Å². The summed E-state index contributed by atoms with van der Waals surface area (Å²) in [6, 6.07) is 5.28. The van der Waals surface area contributed by atoms with Gasteiger partial charge in [-0.05, 0) is 35.8 Å². The summed E-state index contributed by atoms with van der Waals surface area (Å²) >= 11 is 11.8. The van der Waals surface area contributed by atoms with Crippen LogP contribution in [0, 0.1) is 0 Å². The van der Waals surface area contributed by atoms with Gasteiger partial charge in [0.1, 0.15) is 0 Å². The van der Waals surface area contributed by atoms with E-state index in [4.69, 9.17) is 28.3 Å². The Bertz CT molecular complexity index is 339. The molecule has 14 heavy (non-hydrogen) atoms. The first-order valence-corrected chi connectivity index (χ1v) is 5.18. The van der Waals surface area contributed by atoms with Crippen molar-refractivity contribution < 1.29 is 5.11 Å². The first-order chi connectivity index (χ1) is 6.67. The van der Waals surface area contributed by atoms with Crippen LogP contribution in [-0.2, 0) is 0 Å². The van der Waals surface area contributed by atoms with Gasteiger partial charge in [-0.3, -0.25) is 0 Å². The third-order valence-electron chi connectivity index (χ3n) is 1.97. The molecule has 0 unspecified atom stereocenters. The van der Waals surface area contributed by atoms with E-state index in [-0.39, 0.29) is 6.61 Å². The number of halogens is 2. The maximum atomic E-state index is 9.00. The van der Waals surface area contributed by atoms with Crippen molar-refractivity contribution >= 4 is 29.3 Å². The van der Waals surface area contributed by atoms with Gasteiger partial charge in [-0.1, -0.05) is 36.2 Å². The molecular weight excluding hydrogens is 219 g/mol. The van der Waals surface area contributed by atoms with Crippen LogP contribution in [0.2, 0.25) is 10.0 Å². The molecular formula is C11H12Cl2O. The molecule has 1 aromatic carbocycles. The zero-order valence-electron chi connectivity index (χ0n) is 7.93. The summed E-state index contributed by atoms with van der Waals surface area (Å²) in [6.07, 6.45) is 2.67. The van der Waals surface area contributed by atoms with E-state index < -0.39 is 0 Å². The molecule has 1 nitrogen and oxygen atoms in total. The summed E-state index contributed by atoms with van der Waals surface area (Å²) in [5, 5.41) is 10.3. The molecule has 0 aliphatic carbocycles. The minimum absolute atomic E-state index is 0.0549. The zero-order valence-corrected chi connectivity index (χ0v) is 9.44. The summed E-state index contributed by atoms with van der Waals surface area (Å²) < 4.78 is 0. The Kier molecular flexibility index (Phi) is 4.46. The highest BCUT2D eigenvalue weighted by Crippen LogP contribution is 2.23. The van der Waals surface area contributed by atoms with Crippen LogP contribution in [0.3, 0.4) is 0 Å². The summed E-state index contributed by atoms with van der Waals surface area (Å²) in [5.74, 6) is 0. The van der Waals surface area contributed by atoms with Crippen molar-refractivity contribution in [2.75, 3.05) is 6.61 Å². The number of hydrogen-bond donors (Lipinski definition) is 1. The Labute approximate surface area is 94.0 Å². The summed E-state index contributed by atoms with van der Waals surface area (Å²) in [4.78, 5) is 0. The van der Waals surface area contributed by atoms with E-state index in [2.05, 4.69) is 0 Å². The van der Waals surface area contributed by atoms with Gasteiger partial charge in [0.05, 0.1) is 6.61 Å². The molecule has 0 bridgehead atoms. The highest BCUT2D eigenvalue weighted by molar-refractivity contribution is 6.34. The lowest BCUT2D eigenvalue weighted by Crippen LogP contribution is -1.88. The van der Waals surface area contributed by atoms with Crippen LogP contribution in [0.4, 0.5) is 0 Å². The standard InChI is InChI=1S/C11H12Cl2O/c1-2-8(7-14)5-9-6-10(12)3-4-11(9)13/h3-6,14H,2,7H2,1H3/b8-5-. The number of aliphatic hydroxyl groups is 1. The second-order valence-corrected chi connectivity index (χ2v) is 3.82. The SMILES string of the molecule is CC/C(=C/c1cc(Cl)ccc1Cl)CO. The lowest BCUT2D eigenvalue weighted by molar-refractivity contribution is 0.329. The summed E-state index contributed by atoms with van der Waals surface area (Å²) in [6.45, 7) is 2.04. The molecule has 0 radical (unpaired) electrons. The van der Waals surface area contributed by atoms with Crippen molar-refractivity contribution in [1.29, 1.82) is 0 Å². The first-order valence-electron chi connectivity index (χ1n) is 4.42. The van der Waals surface area contributed by atoms with Gasteiger partial charge >= 0.3 is 0 Å². The smallest absolute Gasteiger partial charge is 0.0644 e. The third kappa shape index (κ3) is 3.02. The highest BCUT2D eigenvalue weighted by atomic mass is 35.5. The fraction of sp³-hybridized carbons (Fsp3) is 0.273. The Morgan fingerprint density at radius 2 is 2.14 bits per heavy atom. The third-order valence-corrected chi connectivity index (χ3v) is 2.55. The van der Waals surface area contributed by atoms with E-state index >= 15 is 0 Å². The molecule has 0 amide bonds. The number of rotatable bonds is 3. The minimum Gasteiger partial charge on any atom is -0.392 e. The Hall–Kier alpha value is -0.500. The van der Waals surface area contributed by atoms with Crippen molar-refractivity contribution in [3.63, 3.8) is 0 Å². The van der Waals surface area contributed by atoms with E-state index in [1.165, 1.54) is 0 Å². The minimum atomic E-state index is 0.0549. The monoisotopic (exact) mass is 230 g/mol. The molecule has 0 aliphatic rings. The van der Waals surface area contributed by atoms with Crippen LogP contribution in [-0.4, -0.2) is 11.7 Å². The fourth-order valence-electron chi connectivity index (χ4n) is 1.10. The summed E-state index contributed by atoms with van der Waals surface area (Å²) in [5.41, 5.74) is 1.79. The zero-order chi connectivity index (χ0) is 10.6. The topological polar surface area (TPSA) is 20.2 Å². The lowest BCUT2D eigenvalue weighted by atomic mass is 10.1. The Morgan fingerprint density at radius 1 is 1.43 bits per heavy atom.